The molecule has 3 heterocycles. The zero-order chi connectivity index (χ0) is 29.2. The van der Waals surface area contributed by atoms with E-state index in [0.717, 1.165) is 12.1 Å². The number of anilines is 1. The van der Waals surface area contributed by atoms with Gasteiger partial charge in [-0.2, -0.15) is 0 Å². The number of hydrogen-bond acceptors (Lipinski definition) is 5. The van der Waals surface area contributed by atoms with Crippen molar-refractivity contribution >= 4 is 23.4 Å². The van der Waals surface area contributed by atoms with Crippen LogP contribution in [0.2, 0.25) is 0 Å². The number of carbonyl (C=O) groups is 3. The van der Waals surface area contributed by atoms with Gasteiger partial charge in [0, 0.05) is 38.0 Å². The summed E-state index contributed by atoms with van der Waals surface area (Å²) in [4.78, 5) is 48.3. The molecule has 40 heavy (non-hydrogen) atoms. The molecule has 3 amide bonds. The number of fused-ring (bicyclic) bond motifs is 1. The van der Waals surface area contributed by atoms with Crippen molar-refractivity contribution < 1.29 is 24.2 Å². The predicted octanol–water partition coefficient (Wildman–Crippen LogP) is 3.80. The average molecular weight is 552 g/mol. The molecule has 6 atom stereocenters. The summed E-state index contributed by atoms with van der Waals surface area (Å²) in [6, 6.07) is 8.49. The first kappa shape index (κ1) is 30.0. The molecule has 8 nitrogen and oxygen atoms in total. The van der Waals surface area contributed by atoms with E-state index in [0.29, 0.717) is 38.9 Å². The SMILES string of the molecule is C=CCN(C(=O)[C@H]1[C@H]2C(=O)N(CCCCCO)C(C(=O)N(CC=C)C(C)C)C23CC(C)[C@]1(C)O3)c1ccccc1. The van der Waals surface area contributed by atoms with Gasteiger partial charge in [-0.3, -0.25) is 14.4 Å². The molecule has 1 aromatic carbocycles. The van der Waals surface area contributed by atoms with Crippen LogP contribution in [-0.4, -0.2) is 82.2 Å². The number of para-hydroxylation sites is 1. The number of aliphatic hydroxyl groups is 1. The van der Waals surface area contributed by atoms with E-state index in [4.69, 9.17) is 4.74 Å². The number of rotatable bonds is 13. The zero-order valence-electron chi connectivity index (χ0n) is 24.4. The lowest BCUT2D eigenvalue weighted by molar-refractivity contribution is -0.153. The third kappa shape index (κ3) is 4.79. The number of carbonyl (C=O) groups excluding carboxylic acids is 3. The summed E-state index contributed by atoms with van der Waals surface area (Å²) in [5, 5.41) is 9.28. The summed E-state index contributed by atoms with van der Waals surface area (Å²) < 4.78 is 6.90. The van der Waals surface area contributed by atoms with E-state index >= 15 is 0 Å². The van der Waals surface area contributed by atoms with Gasteiger partial charge < -0.3 is 24.5 Å². The first-order valence-corrected chi connectivity index (χ1v) is 14.6. The first-order valence-electron chi connectivity index (χ1n) is 14.6. The molecular formula is C32H45N3O5. The second-order valence-electron chi connectivity index (χ2n) is 12.0. The molecule has 4 rings (SSSR count). The van der Waals surface area contributed by atoms with Crippen LogP contribution in [0, 0.1) is 17.8 Å². The number of unbranched alkanes of at least 4 members (excludes halogenated alkanes) is 2. The molecule has 3 aliphatic rings. The van der Waals surface area contributed by atoms with Gasteiger partial charge in [0.25, 0.3) is 0 Å². The number of ether oxygens (including phenoxy) is 1. The largest absolute Gasteiger partial charge is 0.396 e. The molecule has 0 aromatic heterocycles. The van der Waals surface area contributed by atoms with Crippen molar-refractivity contribution in [3.63, 3.8) is 0 Å². The van der Waals surface area contributed by atoms with Crippen LogP contribution in [0.5, 0.6) is 0 Å². The Kier molecular flexibility index (Phi) is 8.90. The summed E-state index contributed by atoms with van der Waals surface area (Å²) in [6.45, 7) is 16.7. The van der Waals surface area contributed by atoms with Gasteiger partial charge in [0.15, 0.2) is 0 Å². The van der Waals surface area contributed by atoms with Crippen molar-refractivity contribution in [2.24, 2.45) is 17.8 Å². The third-order valence-corrected chi connectivity index (χ3v) is 9.25. The predicted molar refractivity (Wildman–Crippen MR) is 155 cm³/mol. The molecule has 0 saturated carbocycles. The van der Waals surface area contributed by atoms with Crippen LogP contribution in [0.15, 0.2) is 55.6 Å². The molecule has 3 fully saturated rings. The summed E-state index contributed by atoms with van der Waals surface area (Å²) in [6.07, 6.45) is 5.93. The molecule has 218 valence electrons. The third-order valence-electron chi connectivity index (χ3n) is 9.25. The van der Waals surface area contributed by atoms with Gasteiger partial charge in [0.1, 0.15) is 11.6 Å². The van der Waals surface area contributed by atoms with Crippen molar-refractivity contribution in [3.05, 3.63) is 55.6 Å². The topological polar surface area (TPSA) is 90.4 Å². The van der Waals surface area contributed by atoms with Crippen molar-refractivity contribution in [1.82, 2.24) is 9.80 Å². The standard InChI is InChI=1S/C32H45N3O5/c1-7-17-33(22(3)4)30(39)27-32-21-23(5)31(6,40-32)25(26(32)29(38)35(27)19-13-10-14-20-36)28(37)34(18-8-2)24-15-11-9-12-16-24/h7-9,11-12,15-16,22-23,25-27,36H,1-2,10,13-14,17-21H2,3-6H3/t23?,25-,26+,27?,31+,32?/m1/s1. The maximum Gasteiger partial charge on any atom is 0.248 e. The molecule has 0 radical (unpaired) electrons. The molecule has 1 aromatic rings. The van der Waals surface area contributed by atoms with Gasteiger partial charge >= 0.3 is 0 Å². The Morgan fingerprint density at radius 2 is 1.80 bits per heavy atom. The zero-order valence-corrected chi connectivity index (χ0v) is 24.4. The van der Waals surface area contributed by atoms with E-state index in [-0.39, 0.29) is 36.3 Å². The van der Waals surface area contributed by atoms with Crippen LogP contribution in [0.4, 0.5) is 5.69 Å². The lowest BCUT2D eigenvalue weighted by Gasteiger charge is -2.39. The van der Waals surface area contributed by atoms with Gasteiger partial charge in [-0.1, -0.05) is 37.3 Å². The van der Waals surface area contributed by atoms with E-state index in [2.05, 4.69) is 20.1 Å². The van der Waals surface area contributed by atoms with Crippen LogP contribution < -0.4 is 4.90 Å². The molecule has 8 heteroatoms. The minimum Gasteiger partial charge on any atom is -0.396 e. The Bertz CT molecular complexity index is 1120. The highest BCUT2D eigenvalue weighted by Gasteiger charge is 2.80. The monoisotopic (exact) mass is 551 g/mol. The lowest BCUT2D eigenvalue weighted by atomic mass is 9.62. The summed E-state index contributed by atoms with van der Waals surface area (Å²) >= 11 is 0. The smallest absolute Gasteiger partial charge is 0.248 e. The van der Waals surface area contributed by atoms with Crippen LogP contribution >= 0.6 is 0 Å². The molecule has 1 N–H and O–H groups in total. The van der Waals surface area contributed by atoms with E-state index in [1.54, 1.807) is 26.9 Å². The Morgan fingerprint density at radius 3 is 2.40 bits per heavy atom. The minimum absolute atomic E-state index is 0.0385. The van der Waals surface area contributed by atoms with E-state index in [9.17, 15) is 19.5 Å². The van der Waals surface area contributed by atoms with Crippen molar-refractivity contribution in [1.29, 1.82) is 0 Å². The van der Waals surface area contributed by atoms with Crippen LogP contribution in [-0.2, 0) is 19.1 Å². The van der Waals surface area contributed by atoms with Gasteiger partial charge in [0.05, 0.1) is 17.4 Å². The van der Waals surface area contributed by atoms with Crippen molar-refractivity contribution in [2.75, 3.05) is 31.1 Å². The summed E-state index contributed by atoms with van der Waals surface area (Å²) in [7, 11) is 0. The van der Waals surface area contributed by atoms with Crippen molar-refractivity contribution in [3.8, 4) is 0 Å². The van der Waals surface area contributed by atoms with Crippen LogP contribution in [0.1, 0.15) is 53.4 Å². The molecule has 3 aliphatic heterocycles. The van der Waals surface area contributed by atoms with Crippen molar-refractivity contribution in [2.45, 2.75) is 76.7 Å². The van der Waals surface area contributed by atoms with E-state index < -0.39 is 29.1 Å². The van der Waals surface area contributed by atoms with Gasteiger partial charge in [-0.25, -0.2) is 0 Å². The highest BCUT2D eigenvalue weighted by molar-refractivity contribution is 6.03. The van der Waals surface area contributed by atoms with Crippen LogP contribution in [0.25, 0.3) is 0 Å². The van der Waals surface area contributed by atoms with Gasteiger partial charge in [0.2, 0.25) is 17.7 Å². The molecule has 2 bridgehead atoms. The summed E-state index contributed by atoms with van der Waals surface area (Å²) in [5.41, 5.74) is -1.25. The normalized spacial score (nSPS) is 30.4. The molecule has 3 saturated heterocycles. The average Bonchev–Trinajstić information content (AvgIpc) is 3.44. The molecule has 3 unspecified atom stereocenters. The number of nitrogens with zero attached hydrogens (tertiary/aromatic N) is 3. The minimum atomic E-state index is -1.09. The van der Waals surface area contributed by atoms with E-state index in [1.807, 2.05) is 51.1 Å². The number of hydrogen-bond donors (Lipinski definition) is 1. The lowest BCUT2D eigenvalue weighted by Crippen LogP contribution is -2.58. The Morgan fingerprint density at radius 1 is 1.12 bits per heavy atom. The number of amides is 3. The fourth-order valence-electron chi connectivity index (χ4n) is 7.28. The molecule has 0 aliphatic carbocycles. The highest BCUT2D eigenvalue weighted by atomic mass is 16.5. The Balaban J connectivity index is 1.80. The molecule has 1 spiro atoms. The quantitative estimate of drug-likeness (QED) is 0.298. The summed E-state index contributed by atoms with van der Waals surface area (Å²) in [5.74, 6) is -2.08. The number of benzene rings is 1. The maximum absolute atomic E-state index is 14.5. The number of likely N-dealkylation sites (tertiary alicyclic amines) is 1. The Hall–Kier alpha value is -2.97. The van der Waals surface area contributed by atoms with Gasteiger partial charge in [-0.05, 0) is 64.5 Å². The number of aliphatic hydroxyl groups excluding tert-OH is 1. The van der Waals surface area contributed by atoms with E-state index in [1.165, 1.54) is 0 Å². The van der Waals surface area contributed by atoms with Gasteiger partial charge in [-0.15, -0.1) is 13.2 Å². The van der Waals surface area contributed by atoms with Crippen LogP contribution in [0.3, 0.4) is 0 Å². The molecular weight excluding hydrogens is 506 g/mol. The highest BCUT2D eigenvalue weighted by Crippen LogP contribution is 2.65. The second kappa shape index (κ2) is 11.9. The fourth-order valence-corrected chi connectivity index (χ4v) is 7.28. The second-order valence-corrected chi connectivity index (χ2v) is 12.0. The maximum atomic E-state index is 14.5. The fraction of sp³-hybridized carbons (Fsp3) is 0.594. The first-order chi connectivity index (χ1) is 19.1. The Labute approximate surface area is 238 Å².